The van der Waals surface area contributed by atoms with E-state index in [1.165, 1.54) is 18.4 Å². The molecular weight excluding hydrogens is 439 g/mol. The molecule has 3 rings (SSSR count). The molecule has 2 fully saturated rings. The van der Waals surface area contributed by atoms with Gasteiger partial charge in [-0.25, -0.2) is 0 Å². The van der Waals surface area contributed by atoms with Gasteiger partial charge in [-0.3, -0.25) is 9.89 Å². The van der Waals surface area contributed by atoms with Crippen molar-refractivity contribution < 1.29 is 4.74 Å². The predicted octanol–water partition coefficient (Wildman–Crippen LogP) is 2.81. The van der Waals surface area contributed by atoms with E-state index >= 15 is 0 Å². The van der Waals surface area contributed by atoms with E-state index in [1.807, 2.05) is 7.05 Å². The number of piperazine rings is 1. The Bertz CT molecular complexity index is 528. The smallest absolute Gasteiger partial charge is 0.193 e. The molecule has 0 amide bonds. The maximum Gasteiger partial charge on any atom is 0.193 e. The number of halogens is 1. The van der Waals surface area contributed by atoms with E-state index in [1.54, 1.807) is 0 Å². The third-order valence-corrected chi connectivity index (χ3v) is 4.93. The summed E-state index contributed by atoms with van der Waals surface area (Å²) in [5.74, 6) is 1.88. The summed E-state index contributed by atoms with van der Waals surface area (Å²) in [6.45, 7) is 8.01. The molecule has 1 saturated heterocycles. The van der Waals surface area contributed by atoms with Crippen LogP contribution in [0.25, 0.3) is 0 Å². The molecule has 1 aliphatic heterocycles. The van der Waals surface area contributed by atoms with E-state index < -0.39 is 0 Å². The molecule has 0 spiro atoms. The molecule has 0 atom stereocenters. The number of hydrogen-bond acceptors (Lipinski definition) is 3. The van der Waals surface area contributed by atoms with Gasteiger partial charge in [0.2, 0.25) is 0 Å². The fourth-order valence-corrected chi connectivity index (χ4v) is 3.20. The molecule has 0 unspecified atom stereocenters. The molecule has 1 aliphatic carbocycles. The normalized spacial score (nSPS) is 18.5. The fourth-order valence-electron chi connectivity index (χ4n) is 3.20. The summed E-state index contributed by atoms with van der Waals surface area (Å²) >= 11 is 0. The first-order chi connectivity index (χ1) is 12.3. The van der Waals surface area contributed by atoms with Crippen LogP contribution in [0.15, 0.2) is 35.3 Å². The Labute approximate surface area is 175 Å². The third-order valence-electron chi connectivity index (χ3n) is 4.93. The van der Waals surface area contributed by atoms with Crippen molar-refractivity contribution in [2.24, 2.45) is 10.9 Å². The van der Waals surface area contributed by atoms with Crippen LogP contribution in [-0.4, -0.2) is 68.7 Å². The second-order valence-corrected chi connectivity index (χ2v) is 7.09. The first-order valence-corrected chi connectivity index (χ1v) is 9.65. The summed E-state index contributed by atoms with van der Waals surface area (Å²) in [7, 11) is 1.88. The van der Waals surface area contributed by atoms with Gasteiger partial charge in [0.15, 0.2) is 5.96 Å². The number of rotatable bonds is 8. The SMILES string of the molecule is CN=C(NCCCOCC1CC1)N1CCN(Cc2ccccc2)CC1.I. The molecule has 1 aromatic carbocycles. The van der Waals surface area contributed by atoms with Crippen LogP contribution >= 0.6 is 24.0 Å². The van der Waals surface area contributed by atoms with E-state index in [4.69, 9.17) is 4.74 Å². The number of ether oxygens (including phenoxy) is 1. The van der Waals surface area contributed by atoms with Crippen LogP contribution in [0.5, 0.6) is 0 Å². The van der Waals surface area contributed by atoms with Gasteiger partial charge in [0.25, 0.3) is 0 Å². The van der Waals surface area contributed by atoms with E-state index in [2.05, 4.69) is 50.4 Å². The molecule has 0 bridgehead atoms. The first-order valence-electron chi connectivity index (χ1n) is 9.65. The zero-order valence-corrected chi connectivity index (χ0v) is 18.2. The van der Waals surface area contributed by atoms with Crippen LogP contribution < -0.4 is 5.32 Å². The lowest BCUT2D eigenvalue weighted by Crippen LogP contribution is -2.52. The van der Waals surface area contributed by atoms with Gasteiger partial charge in [-0.1, -0.05) is 30.3 Å². The molecule has 1 saturated carbocycles. The van der Waals surface area contributed by atoms with Crippen LogP contribution in [0, 0.1) is 5.92 Å². The lowest BCUT2D eigenvalue weighted by molar-refractivity contribution is 0.122. The number of hydrogen-bond donors (Lipinski definition) is 1. The van der Waals surface area contributed by atoms with Crippen LogP contribution in [-0.2, 0) is 11.3 Å². The van der Waals surface area contributed by atoms with Gasteiger partial charge in [-0.15, -0.1) is 24.0 Å². The Morgan fingerprint density at radius 3 is 2.54 bits per heavy atom. The lowest BCUT2D eigenvalue weighted by Gasteiger charge is -2.36. The van der Waals surface area contributed by atoms with Gasteiger partial charge in [0, 0.05) is 59.5 Å². The van der Waals surface area contributed by atoms with Crippen molar-refractivity contribution in [1.82, 2.24) is 15.1 Å². The third kappa shape index (κ3) is 7.40. The maximum atomic E-state index is 5.69. The molecular formula is C20H33IN4O. The standard InChI is InChI=1S/C20H32N4O.HI/c1-21-20(22-10-5-15-25-17-19-8-9-19)24-13-11-23(12-14-24)16-18-6-3-2-4-7-18;/h2-4,6-7,19H,5,8-17H2,1H3,(H,21,22);1H. The Hall–Kier alpha value is -0.860. The Kier molecular flexibility index (Phi) is 9.71. The van der Waals surface area contributed by atoms with Gasteiger partial charge in [0.1, 0.15) is 0 Å². The van der Waals surface area contributed by atoms with Gasteiger partial charge in [-0.05, 0) is 30.7 Å². The van der Waals surface area contributed by atoms with Gasteiger partial charge < -0.3 is 15.0 Å². The summed E-state index contributed by atoms with van der Waals surface area (Å²) in [6, 6.07) is 10.7. The van der Waals surface area contributed by atoms with Gasteiger partial charge in [0.05, 0.1) is 0 Å². The quantitative estimate of drug-likeness (QED) is 0.274. The molecule has 6 heteroatoms. The lowest BCUT2D eigenvalue weighted by atomic mass is 10.2. The Balaban J connectivity index is 0.00000243. The monoisotopic (exact) mass is 472 g/mol. The molecule has 0 aromatic heterocycles. The highest BCUT2D eigenvalue weighted by Gasteiger charge is 2.21. The maximum absolute atomic E-state index is 5.69. The van der Waals surface area contributed by atoms with Crippen molar-refractivity contribution in [2.75, 3.05) is 53.0 Å². The van der Waals surface area contributed by atoms with E-state index in [0.717, 1.165) is 70.8 Å². The second kappa shape index (κ2) is 11.8. The Morgan fingerprint density at radius 2 is 1.88 bits per heavy atom. The van der Waals surface area contributed by atoms with Crippen molar-refractivity contribution in [3.05, 3.63) is 35.9 Å². The summed E-state index contributed by atoms with van der Waals surface area (Å²) < 4.78 is 5.69. The molecule has 1 heterocycles. The van der Waals surface area contributed by atoms with Gasteiger partial charge in [-0.2, -0.15) is 0 Å². The zero-order chi connectivity index (χ0) is 17.3. The predicted molar refractivity (Wildman–Crippen MR) is 118 cm³/mol. The summed E-state index contributed by atoms with van der Waals surface area (Å²) in [4.78, 5) is 9.34. The minimum atomic E-state index is 0. The molecule has 5 nitrogen and oxygen atoms in total. The van der Waals surface area contributed by atoms with Crippen molar-refractivity contribution >= 4 is 29.9 Å². The minimum absolute atomic E-state index is 0. The second-order valence-electron chi connectivity index (χ2n) is 7.09. The van der Waals surface area contributed by atoms with Crippen molar-refractivity contribution in [1.29, 1.82) is 0 Å². The first kappa shape index (κ1) is 21.4. The number of aliphatic imine (C=N–C) groups is 1. The summed E-state index contributed by atoms with van der Waals surface area (Å²) in [5.41, 5.74) is 1.39. The average molecular weight is 472 g/mol. The van der Waals surface area contributed by atoms with Crippen LogP contribution in [0.4, 0.5) is 0 Å². The summed E-state index contributed by atoms with van der Waals surface area (Å²) in [6.07, 6.45) is 3.77. The van der Waals surface area contributed by atoms with Crippen molar-refractivity contribution in [2.45, 2.75) is 25.8 Å². The topological polar surface area (TPSA) is 40.1 Å². The molecule has 2 aliphatic rings. The highest BCUT2D eigenvalue weighted by atomic mass is 127. The highest BCUT2D eigenvalue weighted by molar-refractivity contribution is 14.0. The molecule has 146 valence electrons. The van der Waals surface area contributed by atoms with Gasteiger partial charge >= 0.3 is 0 Å². The molecule has 26 heavy (non-hydrogen) atoms. The van der Waals surface area contributed by atoms with E-state index in [-0.39, 0.29) is 24.0 Å². The molecule has 0 radical (unpaired) electrons. The highest BCUT2D eigenvalue weighted by Crippen LogP contribution is 2.28. The van der Waals surface area contributed by atoms with E-state index in [0.29, 0.717) is 0 Å². The van der Waals surface area contributed by atoms with Crippen LogP contribution in [0.2, 0.25) is 0 Å². The molecule has 1 N–H and O–H groups in total. The van der Waals surface area contributed by atoms with Crippen LogP contribution in [0.1, 0.15) is 24.8 Å². The largest absolute Gasteiger partial charge is 0.381 e. The summed E-state index contributed by atoms with van der Waals surface area (Å²) in [5, 5.41) is 3.48. The zero-order valence-electron chi connectivity index (χ0n) is 15.9. The van der Waals surface area contributed by atoms with Crippen molar-refractivity contribution in [3.63, 3.8) is 0 Å². The number of nitrogens with zero attached hydrogens (tertiary/aromatic N) is 3. The Morgan fingerprint density at radius 1 is 1.15 bits per heavy atom. The fraction of sp³-hybridized carbons (Fsp3) is 0.650. The molecule has 1 aromatic rings. The van der Waals surface area contributed by atoms with E-state index in [9.17, 15) is 0 Å². The number of nitrogens with one attached hydrogen (secondary N) is 1. The van der Waals surface area contributed by atoms with Crippen molar-refractivity contribution in [3.8, 4) is 0 Å². The number of guanidine groups is 1. The number of benzene rings is 1. The minimum Gasteiger partial charge on any atom is -0.381 e. The van der Waals surface area contributed by atoms with Crippen LogP contribution in [0.3, 0.4) is 0 Å². The average Bonchev–Trinajstić information content (AvgIpc) is 3.47.